The van der Waals surface area contributed by atoms with Crippen molar-refractivity contribution in [2.24, 2.45) is 0 Å². The lowest BCUT2D eigenvalue weighted by atomic mass is 10.1. The number of epoxide rings is 1. The van der Waals surface area contributed by atoms with Crippen molar-refractivity contribution >= 4 is 15.9 Å². The molecule has 0 aliphatic carbocycles. The van der Waals surface area contributed by atoms with Gasteiger partial charge in [-0.2, -0.15) is 0 Å². The van der Waals surface area contributed by atoms with Gasteiger partial charge in [0.05, 0.1) is 12.2 Å². The molecule has 1 heterocycles. The zero-order valence-electron chi connectivity index (χ0n) is 13.3. The van der Waals surface area contributed by atoms with Gasteiger partial charge in [0.15, 0.2) is 0 Å². The maximum absolute atomic E-state index is 5.72. The molecule has 0 bridgehead atoms. The smallest absolute Gasteiger partial charge is 0.0841 e. The molecule has 20 heavy (non-hydrogen) atoms. The summed E-state index contributed by atoms with van der Waals surface area (Å²) in [6.45, 7) is 2.26. The molecule has 2 atom stereocenters. The molecule has 0 N–H and O–H groups in total. The highest BCUT2D eigenvalue weighted by atomic mass is 79.9. The van der Waals surface area contributed by atoms with Crippen LogP contribution in [0.15, 0.2) is 12.2 Å². The molecule has 0 aromatic carbocycles. The summed E-state index contributed by atoms with van der Waals surface area (Å²) in [6.07, 6.45) is 21.8. The first kappa shape index (κ1) is 18.2. The number of hydrogen-bond acceptors (Lipinski definition) is 1. The summed E-state index contributed by atoms with van der Waals surface area (Å²) in [5, 5.41) is 1.15. The number of unbranched alkanes of at least 4 members (excludes halogenated alkanes) is 7. The van der Waals surface area contributed by atoms with Crippen LogP contribution in [0.1, 0.15) is 84.0 Å². The van der Waals surface area contributed by atoms with Gasteiger partial charge in [0.25, 0.3) is 0 Å². The van der Waals surface area contributed by atoms with Gasteiger partial charge < -0.3 is 4.74 Å². The number of hydrogen-bond donors (Lipinski definition) is 0. The van der Waals surface area contributed by atoms with Crippen molar-refractivity contribution in [3.63, 3.8) is 0 Å². The zero-order chi connectivity index (χ0) is 14.5. The lowest BCUT2D eigenvalue weighted by Gasteiger charge is -1.97. The predicted molar refractivity (Wildman–Crippen MR) is 92.7 cm³/mol. The Morgan fingerprint density at radius 2 is 1.40 bits per heavy atom. The van der Waals surface area contributed by atoms with Gasteiger partial charge >= 0.3 is 0 Å². The second-order valence-corrected chi connectivity index (χ2v) is 6.80. The molecule has 1 saturated heterocycles. The standard InChI is InChI=1S/C18H33BrO/c1-2-3-11-14-17-18(20-17)15-12-9-7-5-4-6-8-10-13-16-19/h4-5,17-18H,2-3,6-16H2,1H3/b5-4-. The number of rotatable bonds is 14. The average molecular weight is 345 g/mol. The summed E-state index contributed by atoms with van der Waals surface area (Å²) >= 11 is 3.47. The van der Waals surface area contributed by atoms with Crippen molar-refractivity contribution in [2.75, 3.05) is 5.33 Å². The molecule has 0 spiro atoms. The quantitative estimate of drug-likeness (QED) is 0.153. The second-order valence-electron chi connectivity index (χ2n) is 6.00. The van der Waals surface area contributed by atoms with E-state index in [1.54, 1.807) is 0 Å². The fraction of sp³-hybridized carbons (Fsp3) is 0.889. The first-order valence-electron chi connectivity index (χ1n) is 8.75. The van der Waals surface area contributed by atoms with Gasteiger partial charge in [0.1, 0.15) is 0 Å². The first-order valence-corrected chi connectivity index (χ1v) is 9.87. The predicted octanol–water partition coefficient (Wildman–Crippen LogP) is 6.41. The SMILES string of the molecule is CCCCCC1OC1CCCC/C=C\CCCCCBr. The van der Waals surface area contributed by atoms with Crippen LogP contribution in [0.3, 0.4) is 0 Å². The Balaban J connectivity index is 1.78. The molecule has 0 aromatic heterocycles. The maximum Gasteiger partial charge on any atom is 0.0841 e. The van der Waals surface area contributed by atoms with E-state index in [9.17, 15) is 0 Å². The van der Waals surface area contributed by atoms with Crippen LogP contribution >= 0.6 is 15.9 Å². The van der Waals surface area contributed by atoms with Crippen LogP contribution in [0.5, 0.6) is 0 Å². The topological polar surface area (TPSA) is 12.5 Å². The summed E-state index contributed by atoms with van der Waals surface area (Å²) in [5.41, 5.74) is 0. The Hall–Kier alpha value is 0.180. The van der Waals surface area contributed by atoms with Gasteiger partial charge in [0, 0.05) is 5.33 Å². The molecule has 2 unspecified atom stereocenters. The van der Waals surface area contributed by atoms with Crippen molar-refractivity contribution in [2.45, 2.75) is 96.2 Å². The number of allylic oxidation sites excluding steroid dienone is 2. The summed E-state index contributed by atoms with van der Waals surface area (Å²) < 4.78 is 5.72. The monoisotopic (exact) mass is 344 g/mol. The van der Waals surface area contributed by atoms with E-state index in [4.69, 9.17) is 4.74 Å². The molecule has 1 aliphatic heterocycles. The molecule has 2 heteroatoms. The highest BCUT2D eigenvalue weighted by Gasteiger charge is 2.36. The fourth-order valence-electron chi connectivity index (χ4n) is 2.66. The molecule has 1 fully saturated rings. The van der Waals surface area contributed by atoms with Gasteiger partial charge in [0.2, 0.25) is 0 Å². The second kappa shape index (κ2) is 12.9. The third-order valence-electron chi connectivity index (χ3n) is 4.06. The number of halogens is 1. The third kappa shape index (κ3) is 9.99. The average Bonchev–Trinajstić information content (AvgIpc) is 3.20. The summed E-state index contributed by atoms with van der Waals surface area (Å²) in [7, 11) is 0. The molecule has 0 aromatic rings. The molecule has 0 radical (unpaired) electrons. The van der Waals surface area contributed by atoms with Crippen molar-refractivity contribution in [1.82, 2.24) is 0 Å². The van der Waals surface area contributed by atoms with Gasteiger partial charge in [-0.05, 0) is 44.9 Å². The fourth-order valence-corrected chi connectivity index (χ4v) is 3.06. The van der Waals surface area contributed by atoms with Crippen LogP contribution in [0.4, 0.5) is 0 Å². The molecular weight excluding hydrogens is 312 g/mol. The van der Waals surface area contributed by atoms with Crippen LogP contribution in [-0.4, -0.2) is 17.5 Å². The van der Waals surface area contributed by atoms with E-state index in [0.29, 0.717) is 12.2 Å². The summed E-state index contributed by atoms with van der Waals surface area (Å²) in [5.74, 6) is 0. The molecule has 1 aliphatic rings. The van der Waals surface area contributed by atoms with Crippen molar-refractivity contribution in [3.8, 4) is 0 Å². The van der Waals surface area contributed by atoms with Crippen molar-refractivity contribution < 1.29 is 4.74 Å². The van der Waals surface area contributed by atoms with E-state index in [-0.39, 0.29) is 0 Å². The summed E-state index contributed by atoms with van der Waals surface area (Å²) in [4.78, 5) is 0. The molecule has 0 amide bonds. The van der Waals surface area contributed by atoms with Crippen LogP contribution in [0, 0.1) is 0 Å². The molecule has 1 nitrogen and oxygen atoms in total. The van der Waals surface area contributed by atoms with Crippen LogP contribution in [0.25, 0.3) is 0 Å². The Morgan fingerprint density at radius 1 is 0.800 bits per heavy atom. The van der Waals surface area contributed by atoms with Gasteiger partial charge in [-0.15, -0.1) is 0 Å². The van der Waals surface area contributed by atoms with E-state index in [2.05, 4.69) is 35.0 Å². The third-order valence-corrected chi connectivity index (χ3v) is 4.62. The van der Waals surface area contributed by atoms with Gasteiger partial charge in [-0.3, -0.25) is 0 Å². The Morgan fingerprint density at radius 3 is 2.00 bits per heavy atom. The first-order chi connectivity index (χ1) is 9.88. The minimum Gasteiger partial charge on any atom is -0.370 e. The normalized spacial score (nSPS) is 21.7. The minimum absolute atomic E-state index is 0.611. The molecule has 118 valence electrons. The van der Waals surface area contributed by atoms with Crippen LogP contribution in [-0.2, 0) is 4.74 Å². The largest absolute Gasteiger partial charge is 0.370 e. The van der Waals surface area contributed by atoms with Crippen molar-refractivity contribution in [3.05, 3.63) is 12.2 Å². The van der Waals surface area contributed by atoms with E-state index >= 15 is 0 Å². The van der Waals surface area contributed by atoms with Crippen LogP contribution < -0.4 is 0 Å². The molecule has 0 saturated carbocycles. The van der Waals surface area contributed by atoms with E-state index in [1.807, 2.05) is 0 Å². The molecule has 1 rings (SSSR count). The Kier molecular flexibility index (Phi) is 11.7. The van der Waals surface area contributed by atoms with E-state index < -0.39 is 0 Å². The van der Waals surface area contributed by atoms with Crippen molar-refractivity contribution in [1.29, 1.82) is 0 Å². The lowest BCUT2D eigenvalue weighted by molar-refractivity contribution is 0.349. The van der Waals surface area contributed by atoms with Gasteiger partial charge in [-0.25, -0.2) is 0 Å². The van der Waals surface area contributed by atoms with E-state index in [1.165, 1.54) is 77.0 Å². The maximum atomic E-state index is 5.72. The van der Waals surface area contributed by atoms with E-state index in [0.717, 1.165) is 5.33 Å². The minimum atomic E-state index is 0.611. The zero-order valence-corrected chi connectivity index (χ0v) is 14.9. The Bertz CT molecular complexity index is 240. The van der Waals surface area contributed by atoms with Crippen LogP contribution in [0.2, 0.25) is 0 Å². The highest BCUT2D eigenvalue weighted by molar-refractivity contribution is 9.09. The highest BCUT2D eigenvalue weighted by Crippen LogP contribution is 2.31. The molecular formula is C18H33BrO. The van der Waals surface area contributed by atoms with Gasteiger partial charge in [-0.1, -0.05) is 67.1 Å². The lowest BCUT2D eigenvalue weighted by Crippen LogP contribution is -1.94. The number of alkyl halides is 1. The number of ether oxygens (including phenoxy) is 1. The Labute approximate surface area is 134 Å². The summed E-state index contributed by atoms with van der Waals surface area (Å²) in [6, 6.07) is 0.